The van der Waals surface area contributed by atoms with Crippen LogP contribution in [0.4, 0.5) is 5.69 Å². The molecule has 0 bridgehead atoms. The van der Waals surface area contributed by atoms with Crippen molar-refractivity contribution in [1.29, 1.82) is 0 Å². The number of nitrogens with zero attached hydrogens (tertiary/aromatic N) is 3. The first-order chi connectivity index (χ1) is 15.1. The van der Waals surface area contributed by atoms with Crippen LogP contribution in [0.2, 0.25) is 0 Å². The molecule has 3 aromatic rings. The Kier molecular flexibility index (Phi) is 4.91. The molecule has 31 heavy (non-hydrogen) atoms. The van der Waals surface area contributed by atoms with Crippen molar-refractivity contribution < 1.29 is 14.7 Å². The largest absolute Gasteiger partial charge is 0.494 e. The van der Waals surface area contributed by atoms with Crippen LogP contribution in [0.15, 0.2) is 58.7 Å². The van der Waals surface area contributed by atoms with Crippen LogP contribution < -0.4 is 5.32 Å². The summed E-state index contributed by atoms with van der Waals surface area (Å²) in [6.45, 7) is 1.63. The zero-order valence-corrected chi connectivity index (χ0v) is 17.1. The number of nitrogens with one attached hydrogen (secondary N) is 2. The maximum Gasteiger partial charge on any atom is 0.261 e. The van der Waals surface area contributed by atoms with E-state index in [0.29, 0.717) is 17.0 Å². The Bertz CT molecular complexity index is 1210. The summed E-state index contributed by atoms with van der Waals surface area (Å²) in [5.74, 6) is -0.187. The first-order valence-electron chi connectivity index (χ1n) is 10.3. The average molecular weight is 417 g/mol. The first kappa shape index (κ1) is 19.3. The van der Waals surface area contributed by atoms with Gasteiger partial charge in [0.2, 0.25) is 0 Å². The minimum atomic E-state index is -0.204. The van der Waals surface area contributed by atoms with E-state index in [4.69, 9.17) is 9.83 Å². The lowest BCUT2D eigenvalue weighted by molar-refractivity contribution is -0.126. The van der Waals surface area contributed by atoms with Crippen LogP contribution in [0.3, 0.4) is 0 Å². The molecule has 0 spiro atoms. The van der Waals surface area contributed by atoms with Gasteiger partial charge < -0.3 is 25.1 Å². The molecule has 1 amide bonds. The van der Waals surface area contributed by atoms with Crippen LogP contribution in [-0.2, 0) is 9.63 Å². The third-order valence-corrected chi connectivity index (χ3v) is 5.65. The predicted molar refractivity (Wildman–Crippen MR) is 119 cm³/mol. The number of aromatic nitrogens is 1. The number of carbonyl (C=O) groups is 1. The van der Waals surface area contributed by atoms with Gasteiger partial charge in [0, 0.05) is 29.1 Å². The highest BCUT2D eigenvalue weighted by molar-refractivity contribution is 6.58. The van der Waals surface area contributed by atoms with Gasteiger partial charge in [-0.25, -0.2) is 4.99 Å². The molecule has 0 unspecified atom stereocenters. The molecule has 8 heteroatoms. The molecule has 1 aromatic heterocycles. The van der Waals surface area contributed by atoms with Gasteiger partial charge in [-0.1, -0.05) is 41.6 Å². The number of hydrogen-bond acceptors (Lipinski definition) is 6. The molecule has 2 aliphatic rings. The molecule has 0 aliphatic carbocycles. The van der Waals surface area contributed by atoms with Gasteiger partial charge in [0.25, 0.3) is 5.91 Å². The van der Waals surface area contributed by atoms with Crippen LogP contribution in [-0.4, -0.2) is 65.1 Å². The number of fused-ring (bicyclic) bond motifs is 2. The third kappa shape index (κ3) is 3.66. The Labute approximate surface area is 179 Å². The van der Waals surface area contributed by atoms with Gasteiger partial charge >= 0.3 is 0 Å². The fourth-order valence-electron chi connectivity index (χ4n) is 4.18. The number of likely N-dealkylation sites (tertiary alicyclic amines) is 1. The second kappa shape index (κ2) is 7.88. The van der Waals surface area contributed by atoms with Crippen molar-refractivity contribution in [2.45, 2.75) is 12.5 Å². The van der Waals surface area contributed by atoms with E-state index >= 15 is 0 Å². The van der Waals surface area contributed by atoms with Gasteiger partial charge in [0.05, 0.1) is 11.3 Å². The van der Waals surface area contributed by atoms with Gasteiger partial charge in [-0.3, -0.25) is 4.79 Å². The number of para-hydroxylation sites is 2. The number of likely N-dealkylation sites (N-methyl/N-ethyl adjacent to an activating group) is 1. The number of aliphatic imine (C=N–C) groups is 1. The van der Waals surface area contributed by atoms with E-state index in [1.54, 1.807) is 0 Å². The minimum absolute atomic E-state index is 0.0172. The number of H-pyrrole nitrogens is 1. The second-order valence-electron chi connectivity index (χ2n) is 7.90. The lowest BCUT2D eigenvalue weighted by Gasteiger charge is -2.12. The number of amides is 1. The van der Waals surface area contributed by atoms with Crippen molar-refractivity contribution in [2.24, 2.45) is 10.1 Å². The maximum atomic E-state index is 12.3. The minimum Gasteiger partial charge on any atom is -0.494 e. The van der Waals surface area contributed by atoms with E-state index < -0.39 is 0 Å². The number of oxime groups is 1. The van der Waals surface area contributed by atoms with Crippen molar-refractivity contribution in [2.75, 3.05) is 26.7 Å². The summed E-state index contributed by atoms with van der Waals surface area (Å²) < 4.78 is 0. The first-order valence-corrected chi connectivity index (χ1v) is 10.3. The Hall–Kier alpha value is -3.65. The Morgan fingerprint density at radius 2 is 2.10 bits per heavy atom. The van der Waals surface area contributed by atoms with Gasteiger partial charge in [-0.05, 0) is 32.1 Å². The van der Waals surface area contributed by atoms with Gasteiger partial charge in [0.15, 0.2) is 12.5 Å². The monoisotopic (exact) mass is 417 g/mol. The van der Waals surface area contributed by atoms with Gasteiger partial charge in [-0.15, -0.1) is 0 Å². The van der Waals surface area contributed by atoms with E-state index in [1.807, 2.05) is 55.6 Å². The zero-order valence-electron chi connectivity index (χ0n) is 17.1. The summed E-state index contributed by atoms with van der Waals surface area (Å²) in [5, 5.41) is 18.7. The molecule has 1 atom stereocenters. The zero-order chi connectivity index (χ0) is 21.4. The number of aromatic amines is 1. The van der Waals surface area contributed by atoms with E-state index in [9.17, 15) is 9.90 Å². The standard InChI is InChI=1S/C23H23N5O3/c1-28-11-10-14(12-28)24-19(29)13-31-27-21-16-7-3-5-9-18(16)25-22(21)20-15-6-2-4-8-17(15)26-23(20)30/h2-9,14,26,30H,10-13H2,1H3,(H,24,29)/b27-21+/t14-/m1/s1. The SMILES string of the molecule is CN1CC[C@@H](NC(=O)CO/N=C2/C(c3c(O)[nH]c4ccccc34)=Nc3ccccc32)C1. The number of carbonyl (C=O) groups excluding carboxylic acids is 1. The van der Waals surface area contributed by atoms with Gasteiger partial charge in [-0.2, -0.15) is 0 Å². The summed E-state index contributed by atoms with van der Waals surface area (Å²) in [6, 6.07) is 15.3. The number of benzene rings is 2. The summed E-state index contributed by atoms with van der Waals surface area (Å²) >= 11 is 0. The second-order valence-corrected chi connectivity index (χ2v) is 7.90. The van der Waals surface area contributed by atoms with E-state index in [1.165, 1.54) is 0 Å². The molecule has 2 aromatic carbocycles. The summed E-state index contributed by atoms with van der Waals surface area (Å²) in [5.41, 5.74) is 3.89. The lowest BCUT2D eigenvalue weighted by atomic mass is 10.0. The fourth-order valence-corrected chi connectivity index (χ4v) is 4.18. The highest BCUT2D eigenvalue weighted by Gasteiger charge is 2.29. The van der Waals surface area contributed by atoms with E-state index in [-0.39, 0.29) is 24.4 Å². The molecule has 2 aliphatic heterocycles. The van der Waals surface area contributed by atoms with Crippen molar-refractivity contribution >= 4 is 33.9 Å². The molecular formula is C23H23N5O3. The quantitative estimate of drug-likeness (QED) is 0.555. The summed E-state index contributed by atoms with van der Waals surface area (Å²) in [6.07, 6.45) is 0.931. The molecule has 0 saturated carbocycles. The molecule has 3 heterocycles. The Balaban J connectivity index is 1.41. The van der Waals surface area contributed by atoms with Crippen molar-refractivity contribution in [3.63, 3.8) is 0 Å². The molecule has 1 saturated heterocycles. The molecule has 5 rings (SSSR count). The molecule has 3 N–H and O–H groups in total. The fraction of sp³-hybridized carbons (Fsp3) is 0.261. The predicted octanol–water partition coefficient (Wildman–Crippen LogP) is 2.55. The maximum absolute atomic E-state index is 12.3. The highest BCUT2D eigenvalue weighted by atomic mass is 16.6. The molecule has 1 fully saturated rings. The number of aromatic hydroxyl groups is 1. The van der Waals surface area contributed by atoms with Crippen LogP contribution >= 0.6 is 0 Å². The normalized spacial score (nSPS) is 19.6. The molecular weight excluding hydrogens is 394 g/mol. The summed E-state index contributed by atoms with van der Waals surface area (Å²) in [7, 11) is 2.03. The van der Waals surface area contributed by atoms with Crippen molar-refractivity contribution in [1.82, 2.24) is 15.2 Å². The average Bonchev–Trinajstić information content (AvgIpc) is 3.42. The molecule has 0 radical (unpaired) electrons. The molecule has 8 nitrogen and oxygen atoms in total. The number of rotatable bonds is 5. The smallest absolute Gasteiger partial charge is 0.261 e. The van der Waals surface area contributed by atoms with E-state index in [2.05, 4.69) is 20.4 Å². The van der Waals surface area contributed by atoms with E-state index in [0.717, 1.165) is 41.7 Å². The van der Waals surface area contributed by atoms with Crippen molar-refractivity contribution in [3.8, 4) is 5.88 Å². The highest BCUT2D eigenvalue weighted by Crippen LogP contribution is 2.35. The van der Waals surface area contributed by atoms with Crippen LogP contribution in [0.5, 0.6) is 5.88 Å². The van der Waals surface area contributed by atoms with Crippen LogP contribution in [0.1, 0.15) is 17.5 Å². The lowest BCUT2D eigenvalue weighted by Crippen LogP contribution is -2.38. The van der Waals surface area contributed by atoms with Gasteiger partial charge in [0.1, 0.15) is 11.4 Å². The topological polar surface area (TPSA) is 102 Å². The Morgan fingerprint density at radius 1 is 1.29 bits per heavy atom. The van der Waals surface area contributed by atoms with Crippen molar-refractivity contribution in [3.05, 3.63) is 59.7 Å². The van der Waals surface area contributed by atoms with Crippen LogP contribution in [0.25, 0.3) is 10.9 Å². The summed E-state index contributed by atoms with van der Waals surface area (Å²) in [4.78, 5) is 27.6. The molecule has 158 valence electrons. The number of hydrogen-bond donors (Lipinski definition) is 3. The van der Waals surface area contributed by atoms with Crippen LogP contribution in [0, 0.1) is 0 Å². The third-order valence-electron chi connectivity index (χ3n) is 5.65. The Morgan fingerprint density at radius 3 is 2.94 bits per heavy atom.